The highest BCUT2D eigenvalue weighted by molar-refractivity contribution is 5.48. The minimum atomic E-state index is -1.31. The first-order valence-electron chi connectivity index (χ1n) is 3.36. The van der Waals surface area contributed by atoms with Crippen molar-refractivity contribution in [2.45, 2.75) is 13.8 Å². The van der Waals surface area contributed by atoms with Gasteiger partial charge in [-0.3, -0.25) is 0 Å². The predicted molar refractivity (Wildman–Crippen MR) is 40.2 cm³/mol. The molecule has 12 heavy (non-hydrogen) atoms. The molecule has 0 radical (unpaired) electrons. The van der Waals surface area contributed by atoms with Crippen LogP contribution in [0, 0.1) is 31.3 Å². The van der Waals surface area contributed by atoms with Crippen LogP contribution in [-0.2, 0) is 0 Å². The van der Waals surface area contributed by atoms with Crippen LogP contribution in [0.5, 0.6) is 0 Å². The van der Waals surface area contributed by atoms with Crippen LogP contribution in [-0.4, -0.2) is 0 Å². The number of hydrogen-bond acceptors (Lipinski definition) is 1. The van der Waals surface area contributed by atoms with Gasteiger partial charge >= 0.3 is 0 Å². The van der Waals surface area contributed by atoms with Gasteiger partial charge in [0.1, 0.15) is 5.69 Å². The highest BCUT2D eigenvalue weighted by Crippen LogP contribution is 2.25. The van der Waals surface area contributed by atoms with E-state index in [1.54, 1.807) is 0 Å². The van der Waals surface area contributed by atoms with Crippen molar-refractivity contribution >= 4 is 5.69 Å². The van der Waals surface area contributed by atoms with Gasteiger partial charge in [0.05, 0.1) is 0 Å². The fourth-order valence-electron chi connectivity index (χ4n) is 0.910. The van der Waals surface area contributed by atoms with E-state index in [-0.39, 0.29) is 11.1 Å². The molecule has 0 spiro atoms. The summed E-state index contributed by atoms with van der Waals surface area (Å²) in [5, 5.41) is 0. The van der Waals surface area contributed by atoms with Gasteiger partial charge in [-0.25, -0.2) is 13.2 Å². The van der Waals surface area contributed by atoms with Gasteiger partial charge in [-0.05, 0) is 25.0 Å². The van der Waals surface area contributed by atoms with Crippen LogP contribution in [0.25, 0.3) is 0 Å². The van der Waals surface area contributed by atoms with Crippen molar-refractivity contribution in [3.8, 4) is 0 Å². The van der Waals surface area contributed by atoms with Crippen molar-refractivity contribution < 1.29 is 13.2 Å². The zero-order valence-electron chi connectivity index (χ0n) is 6.71. The quantitative estimate of drug-likeness (QED) is 0.475. The summed E-state index contributed by atoms with van der Waals surface area (Å²) in [7, 11) is 0. The fraction of sp³-hybridized carbons (Fsp3) is 0.250. The number of rotatable bonds is 0. The standard InChI is InChI=1S/C8H8F3N/c1-3-4(2)6(10)8(12)7(11)5(3)9/h12H2,1-2H3. The molecule has 0 aliphatic heterocycles. The molecule has 0 atom stereocenters. The monoisotopic (exact) mass is 175 g/mol. The van der Waals surface area contributed by atoms with Crippen molar-refractivity contribution in [1.29, 1.82) is 0 Å². The summed E-state index contributed by atoms with van der Waals surface area (Å²) in [6.45, 7) is 2.65. The first-order chi connectivity index (χ1) is 5.46. The van der Waals surface area contributed by atoms with E-state index in [4.69, 9.17) is 5.73 Å². The summed E-state index contributed by atoms with van der Waals surface area (Å²) in [5.41, 5.74) is 4.21. The van der Waals surface area contributed by atoms with Gasteiger partial charge in [-0.15, -0.1) is 0 Å². The lowest BCUT2D eigenvalue weighted by Gasteiger charge is -2.07. The second kappa shape index (κ2) is 2.69. The zero-order valence-corrected chi connectivity index (χ0v) is 6.71. The molecule has 0 fully saturated rings. The smallest absolute Gasteiger partial charge is 0.184 e. The Kier molecular flexibility index (Phi) is 2.00. The molecule has 1 nitrogen and oxygen atoms in total. The second-order valence-electron chi connectivity index (χ2n) is 2.61. The van der Waals surface area contributed by atoms with E-state index in [1.807, 2.05) is 0 Å². The molecule has 4 heteroatoms. The lowest BCUT2D eigenvalue weighted by atomic mass is 10.1. The molecular formula is C8H8F3N. The maximum atomic E-state index is 12.9. The lowest BCUT2D eigenvalue weighted by Crippen LogP contribution is -2.04. The van der Waals surface area contributed by atoms with E-state index in [1.165, 1.54) is 13.8 Å². The summed E-state index contributed by atoms with van der Waals surface area (Å²) in [5.74, 6) is -3.27. The number of halogens is 3. The van der Waals surface area contributed by atoms with Gasteiger partial charge in [-0.2, -0.15) is 0 Å². The van der Waals surface area contributed by atoms with E-state index in [9.17, 15) is 13.2 Å². The second-order valence-corrected chi connectivity index (χ2v) is 2.61. The van der Waals surface area contributed by atoms with Crippen molar-refractivity contribution in [2.75, 3.05) is 5.73 Å². The molecule has 1 aromatic rings. The largest absolute Gasteiger partial charge is 0.394 e. The third kappa shape index (κ3) is 1.03. The molecule has 0 saturated carbocycles. The Morgan fingerprint density at radius 2 is 1.25 bits per heavy atom. The Balaban J connectivity index is 3.60. The molecule has 0 heterocycles. The average molecular weight is 175 g/mol. The minimum absolute atomic E-state index is 0.0424. The molecule has 0 aromatic heterocycles. The molecule has 0 bridgehead atoms. The Morgan fingerprint density at radius 3 is 1.75 bits per heavy atom. The molecule has 0 unspecified atom stereocenters. The number of nitrogen functional groups attached to an aromatic ring is 1. The van der Waals surface area contributed by atoms with E-state index in [2.05, 4.69) is 0 Å². The highest BCUT2D eigenvalue weighted by atomic mass is 19.2. The van der Waals surface area contributed by atoms with Gasteiger partial charge in [0, 0.05) is 0 Å². The maximum Gasteiger partial charge on any atom is 0.184 e. The Morgan fingerprint density at radius 1 is 0.833 bits per heavy atom. The van der Waals surface area contributed by atoms with Crippen LogP contribution in [0.3, 0.4) is 0 Å². The van der Waals surface area contributed by atoms with E-state index >= 15 is 0 Å². The van der Waals surface area contributed by atoms with E-state index in [0.29, 0.717) is 0 Å². The molecule has 0 amide bonds. The van der Waals surface area contributed by atoms with E-state index in [0.717, 1.165) is 0 Å². The molecule has 1 aromatic carbocycles. The first kappa shape index (κ1) is 8.90. The van der Waals surface area contributed by atoms with Crippen molar-refractivity contribution in [1.82, 2.24) is 0 Å². The third-order valence-electron chi connectivity index (χ3n) is 1.89. The molecule has 0 aliphatic rings. The Labute approximate surface area is 68.0 Å². The minimum Gasteiger partial charge on any atom is -0.394 e. The summed E-state index contributed by atoms with van der Waals surface area (Å²) in [6.07, 6.45) is 0. The summed E-state index contributed by atoms with van der Waals surface area (Å²) in [6, 6.07) is 0. The summed E-state index contributed by atoms with van der Waals surface area (Å²) >= 11 is 0. The molecule has 1 rings (SSSR count). The zero-order chi connectivity index (χ0) is 9.46. The van der Waals surface area contributed by atoms with Crippen LogP contribution in [0.15, 0.2) is 0 Å². The molecule has 2 N–H and O–H groups in total. The number of hydrogen-bond donors (Lipinski definition) is 1. The lowest BCUT2D eigenvalue weighted by molar-refractivity contribution is 0.491. The Hall–Kier alpha value is -1.19. The maximum absolute atomic E-state index is 12.9. The SMILES string of the molecule is Cc1c(C)c(F)c(F)c(N)c1F. The van der Waals surface area contributed by atoms with Crippen LogP contribution in [0.2, 0.25) is 0 Å². The molecule has 0 aliphatic carbocycles. The molecular weight excluding hydrogens is 167 g/mol. The van der Waals surface area contributed by atoms with Gasteiger partial charge in [0.25, 0.3) is 0 Å². The Bertz CT molecular complexity index is 229. The van der Waals surface area contributed by atoms with Crippen LogP contribution < -0.4 is 5.73 Å². The van der Waals surface area contributed by atoms with Crippen LogP contribution in [0.4, 0.5) is 18.9 Å². The van der Waals surface area contributed by atoms with Gasteiger partial charge in [0.2, 0.25) is 0 Å². The van der Waals surface area contributed by atoms with Crippen LogP contribution >= 0.6 is 0 Å². The molecule has 0 saturated heterocycles. The number of benzene rings is 1. The van der Waals surface area contributed by atoms with Crippen molar-refractivity contribution in [2.24, 2.45) is 0 Å². The first-order valence-corrected chi connectivity index (χ1v) is 3.36. The average Bonchev–Trinajstić information content (AvgIpc) is 2.08. The fourth-order valence-corrected chi connectivity index (χ4v) is 0.910. The van der Waals surface area contributed by atoms with Crippen molar-refractivity contribution in [3.05, 3.63) is 28.6 Å². The topological polar surface area (TPSA) is 26.0 Å². The molecule has 66 valence electrons. The van der Waals surface area contributed by atoms with Gasteiger partial charge in [0.15, 0.2) is 17.5 Å². The van der Waals surface area contributed by atoms with Crippen molar-refractivity contribution in [3.63, 3.8) is 0 Å². The predicted octanol–water partition coefficient (Wildman–Crippen LogP) is 2.30. The van der Waals surface area contributed by atoms with Gasteiger partial charge in [-0.1, -0.05) is 0 Å². The summed E-state index contributed by atoms with van der Waals surface area (Å²) < 4.78 is 38.4. The normalized spacial score (nSPS) is 10.4. The highest BCUT2D eigenvalue weighted by Gasteiger charge is 2.17. The van der Waals surface area contributed by atoms with E-state index < -0.39 is 23.1 Å². The number of nitrogens with two attached hydrogens (primary N) is 1. The number of anilines is 1. The third-order valence-corrected chi connectivity index (χ3v) is 1.89. The summed E-state index contributed by atoms with van der Waals surface area (Å²) in [4.78, 5) is 0. The van der Waals surface area contributed by atoms with Crippen LogP contribution in [0.1, 0.15) is 11.1 Å². The van der Waals surface area contributed by atoms with Gasteiger partial charge < -0.3 is 5.73 Å².